The molecule has 0 aliphatic heterocycles. The van der Waals surface area contributed by atoms with E-state index in [1.807, 2.05) is 61.5 Å². The monoisotopic (exact) mass is 383 g/mol. The molecule has 0 saturated carbocycles. The predicted molar refractivity (Wildman–Crippen MR) is 113 cm³/mol. The normalized spacial score (nSPS) is 10.7. The first-order valence-corrected chi connectivity index (χ1v) is 9.05. The molecule has 29 heavy (non-hydrogen) atoms. The Kier molecular flexibility index (Phi) is 4.75. The number of non-ortho nitro benzene ring substituents is 1. The highest BCUT2D eigenvalue weighted by Gasteiger charge is 2.19. The lowest BCUT2D eigenvalue weighted by Crippen LogP contribution is -2.15. The van der Waals surface area contributed by atoms with Crippen molar-refractivity contribution >= 4 is 28.2 Å². The number of amides is 1. The Morgan fingerprint density at radius 1 is 0.931 bits per heavy atom. The molecule has 0 bridgehead atoms. The Morgan fingerprint density at radius 3 is 2.28 bits per heavy atom. The number of rotatable bonds is 4. The average molecular weight is 383 g/mol. The molecule has 0 atom stereocenters. The fourth-order valence-electron chi connectivity index (χ4n) is 3.34. The maximum atomic E-state index is 13.2. The molecule has 3 aromatic carbocycles. The number of carbonyl (C=O) groups is 1. The van der Waals surface area contributed by atoms with Crippen LogP contribution in [0.3, 0.4) is 0 Å². The van der Waals surface area contributed by atoms with E-state index in [-0.39, 0.29) is 11.6 Å². The molecule has 142 valence electrons. The van der Waals surface area contributed by atoms with Gasteiger partial charge in [0, 0.05) is 28.8 Å². The summed E-state index contributed by atoms with van der Waals surface area (Å²) in [5.41, 5.74) is 4.17. The third-order valence-electron chi connectivity index (χ3n) is 4.75. The van der Waals surface area contributed by atoms with Crippen LogP contribution in [0, 0.1) is 17.0 Å². The summed E-state index contributed by atoms with van der Waals surface area (Å²) >= 11 is 0. The number of nitro benzene ring substituents is 1. The summed E-state index contributed by atoms with van der Waals surface area (Å²) < 4.78 is 0. The standard InChI is InChI=1S/C23H17N3O3/c1-15-21(23(27)24-17-11-13-18(14-12-17)26(28)29)19-9-5-6-10-20(19)25-22(15)16-7-3-2-4-8-16/h2-14H,1H3,(H,24,27). The Labute approximate surface area is 167 Å². The Morgan fingerprint density at radius 2 is 1.59 bits per heavy atom. The van der Waals surface area contributed by atoms with Gasteiger partial charge in [-0.05, 0) is 30.7 Å². The van der Waals surface area contributed by atoms with Crippen LogP contribution in [0.15, 0.2) is 78.9 Å². The van der Waals surface area contributed by atoms with E-state index in [2.05, 4.69) is 5.32 Å². The SMILES string of the molecule is Cc1c(-c2ccccc2)nc2ccccc2c1C(=O)Nc1ccc([N+](=O)[O-])cc1. The van der Waals surface area contributed by atoms with E-state index >= 15 is 0 Å². The van der Waals surface area contributed by atoms with E-state index in [1.165, 1.54) is 24.3 Å². The lowest BCUT2D eigenvalue weighted by molar-refractivity contribution is -0.384. The van der Waals surface area contributed by atoms with Crippen molar-refractivity contribution in [1.29, 1.82) is 0 Å². The molecule has 0 fully saturated rings. The number of para-hydroxylation sites is 1. The number of pyridine rings is 1. The van der Waals surface area contributed by atoms with E-state index in [0.29, 0.717) is 11.3 Å². The molecular weight excluding hydrogens is 366 g/mol. The van der Waals surface area contributed by atoms with Crippen molar-refractivity contribution in [3.63, 3.8) is 0 Å². The highest BCUT2D eigenvalue weighted by molar-refractivity contribution is 6.14. The van der Waals surface area contributed by atoms with E-state index in [1.54, 1.807) is 0 Å². The molecule has 6 nitrogen and oxygen atoms in total. The Hall–Kier alpha value is -4.06. The third-order valence-corrected chi connectivity index (χ3v) is 4.75. The van der Waals surface area contributed by atoms with Crippen LogP contribution >= 0.6 is 0 Å². The zero-order valence-electron chi connectivity index (χ0n) is 15.6. The van der Waals surface area contributed by atoms with Crippen molar-refractivity contribution in [3.8, 4) is 11.3 Å². The number of anilines is 1. The van der Waals surface area contributed by atoms with Gasteiger partial charge in [-0.2, -0.15) is 0 Å². The van der Waals surface area contributed by atoms with Gasteiger partial charge in [-0.3, -0.25) is 14.9 Å². The van der Waals surface area contributed by atoms with Crippen LogP contribution in [0.25, 0.3) is 22.2 Å². The van der Waals surface area contributed by atoms with Crippen molar-refractivity contribution in [1.82, 2.24) is 4.98 Å². The molecule has 0 radical (unpaired) electrons. The number of carbonyl (C=O) groups excluding carboxylic acids is 1. The molecule has 1 N–H and O–H groups in total. The maximum absolute atomic E-state index is 13.2. The van der Waals surface area contributed by atoms with Crippen LogP contribution < -0.4 is 5.32 Å². The molecule has 0 aliphatic rings. The Balaban J connectivity index is 1.80. The maximum Gasteiger partial charge on any atom is 0.269 e. The molecule has 1 aromatic heterocycles. The van der Waals surface area contributed by atoms with Gasteiger partial charge in [0.15, 0.2) is 0 Å². The minimum atomic E-state index is -0.474. The molecule has 0 saturated heterocycles. The molecule has 0 spiro atoms. The van der Waals surface area contributed by atoms with Crippen LogP contribution in [-0.2, 0) is 0 Å². The number of hydrogen-bond donors (Lipinski definition) is 1. The quantitative estimate of drug-likeness (QED) is 0.379. The summed E-state index contributed by atoms with van der Waals surface area (Å²) in [5, 5.41) is 14.4. The summed E-state index contributed by atoms with van der Waals surface area (Å²) in [6.45, 7) is 1.88. The fraction of sp³-hybridized carbons (Fsp3) is 0.0435. The van der Waals surface area contributed by atoms with Crippen molar-refractivity contribution in [3.05, 3.63) is 100 Å². The second-order valence-electron chi connectivity index (χ2n) is 6.60. The molecule has 6 heteroatoms. The van der Waals surface area contributed by atoms with E-state index in [0.717, 1.165) is 27.7 Å². The van der Waals surface area contributed by atoms with Gasteiger partial charge in [-0.1, -0.05) is 48.5 Å². The fourth-order valence-corrected chi connectivity index (χ4v) is 3.34. The molecule has 4 aromatic rings. The van der Waals surface area contributed by atoms with Crippen LogP contribution in [0.2, 0.25) is 0 Å². The van der Waals surface area contributed by atoms with Crippen LogP contribution in [0.1, 0.15) is 15.9 Å². The third kappa shape index (κ3) is 3.55. The topological polar surface area (TPSA) is 85.1 Å². The van der Waals surface area contributed by atoms with Crippen LogP contribution in [-0.4, -0.2) is 15.8 Å². The lowest BCUT2D eigenvalue weighted by atomic mass is 9.97. The van der Waals surface area contributed by atoms with Crippen LogP contribution in [0.5, 0.6) is 0 Å². The number of hydrogen-bond acceptors (Lipinski definition) is 4. The van der Waals surface area contributed by atoms with Crippen molar-refractivity contribution in [2.24, 2.45) is 0 Å². The zero-order chi connectivity index (χ0) is 20.4. The van der Waals surface area contributed by atoms with Crippen molar-refractivity contribution in [2.75, 3.05) is 5.32 Å². The van der Waals surface area contributed by atoms with Gasteiger partial charge >= 0.3 is 0 Å². The molecular formula is C23H17N3O3. The second kappa shape index (κ2) is 7.52. The lowest BCUT2D eigenvalue weighted by Gasteiger charge is -2.15. The largest absolute Gasteiger partial charge is 0.322 e. The predicted octanol–water partition coefficient (Wildman–Crippen LogP) is 5.37. The highest BCUT2D eigenvalue weighted by atomic mass is 16.6. The van der Waals surface area contributed by atoms with Gasteiger partial charge in [-0.15, -0.1) is 0 Å². The van der Waals surface area contributed by atoms with E-state index in [4.69, 9.17) is 4.98 Å². The minimum Gasteiger partial charge on any atom is -0.322 e. The number of aromatic nitrogens is 1. The zero-order valence-corrected chi connectivity index (χ0v) is 15.6. The summed E-state index contributed by atoms with van der Waals surface area (Å²) in [6, 6.07) is 23.0. The van der Waals surface area contributed by atoms with Gasteiger partial charge in [0.2, 0.25) is 0 Å². The summed E-state index contributed by atoms with van der Waals surface area (Å²) in [6.07, 6.45) is 0. The first-order valence-electron chi connectivity index (χ1n) is 9.05. The van der Waals surface area contributed by atoms with Gasteiger partial charge < -0.3 is 5.32 Å². The van der Waals surface area contributed by atoms with Crippen molar-refractivity contribution < 1.29 is 9.72 Å². The number of fused-ring (bicyclic) bond motifs is 1. The van der Waals surface area contributed by atoms with Gasteiger partial charge in [0.1, 0.15) is 0 Å². The summed E-state index contributed by atoms with van der Waals surface area (Å²) in [7, 11) is 0. The number of nitrogens with one attached hydrogen (secondary N) is 1. The molecule has 0 unspecified atom stereocenters. The Bertz CT molecular complexity index is 1220. The smallest absolute Gasteiger partial charge is 0.269 e. The number of benzene rings is 3. The summed E-state index contributed by atoms with van der Waals surface area (Å²) in [5.74, 6) is -0.285. The summed E-state index contributed by atoms with van der Waals surface area (Å²) in [4.78, 5) is 28.3. The first kappa shape index (κ1) is 18.3. The molecule has 0 aliphatic carbocycles. The second-order valence-corrected chi connectivity index (χ2v) is 6.60. The first-order chi connectivity index (χ1) is 14.0. The van der Waals surface area contributed by atoms with Crippen molar-refractivity contribution in [2.45, 2.75) is 6.92 Å². The number of nitrogens with zero attached hydrogens (tertiary/aromatic N) is 2. The highest BCUT2D eigenvalue weighted by Crippen LogP contribution is 2.30. The number of nitro groups is 1. The molecule has 4 rings (SSSR count). The van der Waals surface area contributed by atoms with Gasteiger partial charge in [0.05, 0.1) is 21.7 Å². The van der Waals surface area contributed by atoms with Gasteiger partial charge in [-0.25, -0.2) is 4.98 Å². The minimum absolute atomic E-state index is 0.0279. The average Bonchev–Trinajstić information content (AvgIpc) is 2.74. The van der Waals surface area contributed by atoms with Gasteiger partial charge in [0.25, 0.3) is 11.6 Å². The molecule has 1 heterocycles. The molecule has 1 amide bonds. The van der Waals surface area contributed by atoms with Crippen LogP contribution in [0.4, 0.5) is 11.4 Å². The van der Waals surface area contributed by atoms with E-state index in [9.17, 15) is 14.9 Å². The van der Waals surface area contributed by atoms with E-state index < -0.39 is 4.92 Å².